The Morgan fingerprint density at radius 1 is 1.07 bits per heavy atom. The highest BCUT2D eigenvalue weighted by Gasteiger charge is 2.24. The summed E-state index contributed by atoms with van der Waals surface area (Å²) in [6.07, 6.45) is 7.19. The predicted octanol–water partition coefficient (Wildman–Crippen LogP) is 3.19. The minimum atomic E-state index is -0.0685. The average Bonchev–Trinajstić information content (AvgIpc) is 3.45. The van der Waals surface area contributed by atoms with Gasteiger partial charge < -0.3 is 9.30 Å². The van der Waals surface area contributed by atoms with Crippen LogP contribution in [0.3, 0.4) is 0 Å². The summed E-state index contributed by atoms with van der Waals surface area (Å²) in [6.45, 7) is 3.87. The van der Waals surface area contributed by atoms with Crippen molar-refractivity contribution in [2.24, 2.45) is 13.0 Å². The van der Waals surface area contributed by atoms with E-state index in [1.807, 2.05) is 6.07 Å². The van der Waals surface area contributed by atoms with E-state index in [4.69, 9.17) is 4.74 Å². The van der Waals surface area contributed by atoms with Gasteiger partial charge in [0.1, 0.15) is 11.9 Å². The molecule has 152 valence electrons. The maximum atomic E-state index is 11.5. The van der Waals surface area contributed by atoms with Crippen LogP contribution in [-0.2, 0) is 20.1 Å². The van der Waals surface area contributed by atoms with Crippen LogP contribution in [0.4, 0.5) is 0 Å². The topological polar surface area (TPSA) is 52.3 Å². The summed E-state index contributed by atoms with van der Waals surface area (Å²) < 4.78 is 10.2. The van der Waals surface area contributed by atoms with E-state index in [2.05, 4.69) is 45.0 Å². The van der Waals surface area contributed by atoms with Gasteiger partial charge >= 0.3 is 0 Å². The number of hydrogen-bond acceptors (Lipinski definition) is 4. The highest BCUT2D eigenvalue weighted by molar-refractivity contribution is 5.86. The lowest BCUT2D eigenvalue weighted by molar-refractivity contribution is 0.0969. The van der Waals surface area contributed by atoms with Gasteiger partial charge in [-0.3, -0.25) is 9.69 Å². The first-order chi connectivity index (χ1) is 14.2. The molecule has 6 nitrogen and oxygen atoms in total. The number of piperidine rings is 1. The second-order valence-corrected chi connectivity index (χ2v) is 8.48. The molecule has 5 rings (SSSR count). The smallest absolute Gasteiger partial charge is 0.266 e. The Bertz CT molecular complexity index is 1060. The Kier molecular flexibility index (Phi) is 4.87. The molecule has 2 fully saturated rings. The molecule has 6 heteroatoms. The lowest BCUT2D eigenvalue weighted by Gasteiger charge is -2.32. The lowest BCUT2D eigenvalue weighted by Crippen LogP contribution is -2.38. The van der Waals surface area contributed by atoms with Crippen molar-refractivity contribution >= 4 is 10.9 Å². The standard InChI is InChI=1S/C23H28N4O2/c1-25-23(28)8-7-18(24-25)16-26-12-9-19(10-13-26)29-22-4-2-3-21-20(22)11-14-27(21)15-17-5-6-17/h2-4,7-8,11,14,17,19H,5-6,9-10,12-13,15-16H2,1H3. The molecule has 0 atom stereocenters. The minimum absolute atomic E-state index is 0.0685. The molecular formula is C23H28N4O2. The Morgan fingerprint density at radius 2 is 1.90 bits per heavy atom. The second-order valence-electron chi connectivity index (χ2n) is 8.48. The molecule has 0 bridgehead atoms. The lowest BCUT2D eigenvalue weighted by atomic mass is 10.1. The molecule has 1 saturated carbocycles. The number of rotatable bonds is 6. The number of ether oxygens (including phenoxy) is 1. The van der Waals surface area contributed by atoms with E-state index in [1.54, 1.807) is 13.1 Å². The van der Waals surface area contributed by atoms with Gasteiger partial charge in [-0.15, -0.1) is 0 Å². The molecule has 0 spiro atoms. The Balaban J connectivity index is 1.21. The molecule has 0 radical (unpaired) electrons. The molecule has 29 heavy (non-hydrogen) atoms. The fourth-order valence-corrected chi connectivity index (χ4v) is 4.26. The van der Waals surface area contributed by atoms with Gasteiger partial charge in [0.2, 0.25) is 0 Å². The van der Waals surface area contributed by atoms with Crippen molar-refractivity contribution in [1.82, 2.24) is 19.2 Å². The van der Waals surface area contributed by atoms with Crippen LogP contribution in [0.2, 0.25) is 0 Å². The molecule has 1 aromatic carbocycles. The third-order valence-corrected chi connectivity index (χ3v) is 6.16. The highest BCUT2D eigenvalue weighted by atomic mass is 16.5. The van der Waals surface area contributed by atoms with Gasteiger partial charge in [-0.25, -0.2) is 4.68 Å². The van der Waals surface area contributed by atoms with Crippen LogP contribution in [0.25, 0.3) is 10.9 Å². The highest BCUT2D eigenvalue weighted by Crippen LogP contribution is 2.34. The zero-order valence-corrected chi connectivity index (χ0v) is 17.0. The molecular weight excluding hydrogens is 364 g/mol. The number of nitrogens with zero attached hydrogens (tertiary/aromatic N) is 4. The fraction of sp³-hybridized carbons (Fsp3) is 0.478. The van der Waals surface area contributed by atoms with Gasteiger partial charge in [-0.1, -0.05) is 6.07 Å². The van der Waals surface area contributed by atoms with Crippen LogP contribution in [-0.4, -0.2) is 38.4 Å². The van der Waals surface area contributed by atoms with E-state index in [1.165, 1.54) is 28.4 Å². The van der Waals surface area contributed by atoms with Crippen LogP contribution in [0.1, 0.15) is 31.4 Å². The summed E-state index contributed by atoms with van der Waals surface area (Å²) in [7, 11) is 1.70. The quantitative estimate of drug-likeness (QED) is 0.647. The number of aryl methyl sites for hydroxylation is 1. The zero-order chi connectivity index (χ0) is 19.8. The first-order valence-corrected chi connectivity index (χ1v) is 10.7. The molecule has 0 N–H and O–H groups in total. The number of hydrogen-bond donors (Lipinski definition) is 0. The minimum Gasteiger partial charge on any atom is -0.490 e. The monoisotopic (exact) mass is 392 g/mol. The Morgan fingerprint density at radius 3 is 2.66 bits per heavy atom. The molecule has 2 aromatic heterocycles. The van der Waals surface area contributed by atoms with Crippen LogP contribution >= 0.6 is 0 Å². The third kappa shape index (κ3) is 4.08. The summed E-state index contributed by atoms with van der Waals surface area (Å²) in [6, 6.07) is 12.0. The third-order valence-electron chi connectivity index (χ3n) is 6.16. The van der Waals surface area contributed by atoms with Crippen LogP contribution in [0, 0.1) is 5.92 Å². The molecule has 1 aliphatic carbocycles. The summed E-state index contributed by atoms with van der Waals surface area (Å²) in [5, 5.41) is 5.57. The van der Waals surface area contributed by atoms with E-state index in [9.17, 15) is 4.79 Å². The van der Waals surface area contributed by atoms with E-state index < -0.39 is 0 Å². The molecule has 3 aromatic rings. The van der Waals surface area contributed by atoms with Crippen molar-refractivity contribution in [1.29, 1.82) is 0 Å². The summed E-state index contributed by atoms with van der Waals surface area (Å²) >= 11 is 0. The number of likely N-dealkylation sites (tertiary alicyclic amines) is 1. The maximum absolute atomic E-state index is 11.5. The van der Waals surface area contributed by atoms with Crippen molar-refractivity contribution in [2.75, 3.05) is 13.1 Å². The molecule has 1 saturated heterocycles. The van der Waals surface area contributed by atoms with E-state index in [0.717, 1.165) is 56.4 Å². The summed E-state index contributed by atoms with van der Waals surface area (Å²) in [5.74, 6) is 1.87. The van der Waals surface area contributed by atoms with Crippen molar-refractivity contribution in [2.45, 2.75) is 44.9 Å². The SMILES string of the molecule is Cn1nc(CN2CCC(Oc3cccc4c3ccn4CC3CC3)CC2)ccc1=O. The van der Waals surface area contributed by atoms with E-state index >= 15 is 0 Å². The predicted molar refractivity (Wildman–Crippen MR) is 113 cm³/mol. The number of fused-ring (bicyclic) bond motifs is 1. The second kappa shape index (κ2) is 7.67. The molecule has 0 amide bonds. The fourth-order valence-electron chi connectivity index (χ4n) is 4.26. The maximum Gasteiger partial charge on any atom is 0.266 e. The molecule has 1 aliphatic heterocycles. The largest absolute Gasteiger partial charge is 0.490 e. The zero-order valence-electron chi connectivity index (χ0n) is 17.0. The average molecular weight is 393 g/mol. The van der Waals surface area contributed by atoms with Gasteiger partial charge in [0.25, 0.3) is 5.56 Å². The van der Waals surface area contributed by atoms with Crippen molar-refractivity contribution in [3.05, 3.63) is 58.6 Å². The normalized spacial score (nSPS) is 18.4. The van der Waals surface area contributed by atoms with Crippen molar-refractivity contribution in [3.63, 3.8) is 0 Å². The summed E-state index contributed by atoms with van der Waals surface area (Å²) in [4.78, 5) is 13.9. The van der Waals surface area contributed by atoms with Crippen molar-refractivity contribution in [3.8, 4) is 5.75 Å². The molecule has 3 heterocycles. The van der Waals surface area contributed by atoms with Crippen LogP contribution in [0.15, 0.2) is 47.4 Å². The van der Waals surface area contributed by atoms with Crippen LogP contribution < -0.4 is 10.3 Å². The Labute approximate surface area is 170 Å². The van der Waals surface area contributed by atoms with Crippen molar-refractivity contribution < 1.29 is 4.74 Å². The number of benzene rings is 1. The van der Waals surface area contributed by atoms with Crippen LogP contribution in [0.5, 0.6) is 5.75 Å². The van der Waals surface area contributed by atoms with E-state index in [0.29, 0.717) is 0 Å². The first kappa shape index (κ1) is 18.4. The van der Waals surface area contributed by atoms with Gasteiger partial charge in [0.05, 0.1) is 11.2 Å². The van der Waals surface area contributed by atoms with E-state index in [-0.39, 0.29) is 11.7 Å². The number of aromatic nitrogens is 3. The molecule has 2 aliphatic rings. The van der Waals surface area contributed by atoms with Gasteiger partial charge in [-0.2, -0.15) is 5.10 Å². The molecule has 0 unspecified atom stereocenters. The van der Waals surface area contributed by atoms with Gasteiger partial charge in [0, 0.05) is 50.9 Å². The van der Waals surface area contributed by atoms with Gasteiger partial charge in [-0.05, 0) is 55.9 Å². The van der Waals surface area contributed by atoms with Gasteiger partial charge in [0.15, 0.2) is 0 Å². The summed E-state index contributed by atoms with van der Waals surface area (Å²) in [5.41, 5.74) is 2.15. The first-order valence-electron chi connectivity index (χ1n) is 10.7. The Hall–Kier alpha value is -2.60.